The summed E-state index contributed by atoms with van der Waals surface area (Å²) in [6.45, 7) is -0.0359. The van der Waals surface area contributed by atoms with Gasteiger partial charge in [-0.3, -0.25) is 4.79 Å². The Kier molecular flexibility index (Phi) is 11.4. The van der Waals surface area contributed by atoms with Gasteiger partial charge >= 0.3 is 5.97 Å². The number of carbonyl (C=O) groups is 2. The Balaban J connectivity index is 1.18. The van der Waals surface area contributed by atoms with E-state index < -0.39 is 27.9 Å². The molecule has 0 fully saturated rings. The van der Waals surface area contributed by atoms with Crippen molar-refractivity contribution in [1.29, 1.82) is 0 Å². The van der Waals surface area contributed by atoms with E-state index in [9.17, 15) is 9.59 Å². The highest BCUT2D eigenvalue weighted by Crippen LogP contribution is 2.35. The molecule has 4 nitrogen and oxygen atoms in total. The molecule has 0 saturated heterocycles. The van der Waals surface area contributed by atoms with Gasteiger partial charge in [0.1, 0.15) is 6.61 Å². The van der Waals surface area contributed by atoms with Gasteiger partial charge in [0.15, 0.2) is 0 Å². The van der Waals surface area contributed by atoms with E-state index in [1.165, 1.54) is 0 Å². The topological polar surface area (TPSA) is 55.4 Å². The average molecular weight is 714 g/mol. The predicted octanol–water partition coefficient (Wildman–Crippen LogP) is 7.53. The minimum absolute atomic E-state index is 0.0359. The lowest BCUT2D eigenvalue weighted by molar-refractivity contribution is 0.0457. The van der Waals surface area contributed by atoms with Crippen LogP contribution in [0.4, 0.5) is 0 Å². The molecule has 0 aliphatic rings. The molecule has 7 aromatic rings. The molecule has 0 heterocycles. The molecule has 1 amide bonds. The molecule has 254 valence electrons. The lowest BCUT2D eigenvalue weighted by Crippen LogP contribution is -2.36. The quantitative estimate of drug-likeness (QED) is 0.105. The second kappa shape index (κ2) is 17.0. The van der Waals surface area contributed by atoms with Crippen molar-refractivity contribution in [2.45, 2.75) is 6.04 Å². The SMILES string of the molecule is O=C(N[C@H](COC(=O)c1ccccc1P(c1ccccc1)c1ccccc1)c1ccccc1)c1ccccc1P(c1ccccc1)c1ccccc1. The van der Waals surface area contributed by atoms with Crippen LogP contribution in [-0.4, -0.2) is 18.5 Å². The Bertz CT molecular complexity index is 2140. The first kappa shape index (κ1) is 34.8. The maximum atomic E-state index is 14.3. The van der Waals surface area contributed by atoms with Crippen LogP contribution in [0.5, 0.6) is 0 Å². The lowest BCUT2D eigenvalue weighted by atomic mass is 10.1. The molecule has 0 spiro atoms. The third kappa shape index (κ3) is 8.11. The summed E-state index contributed by atoms with van der Waals surface area (Å²) >= 11 is 0. The lowest BCUT2D eigenvalue weighted by Gasteiger charge is -2.24. The number of ether oxygens (including phenoxy) is 1. The fraction of sp³-hybridized carbons (Fsp3) is 0.0435. The van der Waals surface area contributed by atoms with Crippen molar-refractivity contribution in [2.24, 2.45) is 0 Å². The zero-order valence-corrected chi connectivity index (χ0v) is 30.2. The average Bonchev–Trinajstić information content (AvgIpc) is 3.22. The summed E-state index contributed by atoms with van der Waals surface area (Å²) in [7, 11) is -2.05. The Labute approximate surface area is 307 Å². The van der Waals surface area contributed by atoms with Crippen LogP contribution in [0.25, 0.3) is 0 Å². The molecular weight excluding hydrogens is 676 g/mol. The molecule has 0 saturated carbocycles. The first-order valence-corrected chi connectivity index (χ1v) is 19.9. The zero-order chi connectivity index (χ0) is 35.5. The second-order valence-corrected chi connectivity index (χ2v) is 16.5. The first-order valence-electron chi connectivity index (χ1n) is 17.2. The maximum Gasteiger partial charge on any atom is 0.338 e. The number of hydrogen-bond acceptors (Lipinski definition) is 3. The number of benzene rings is 7. The van der Waals surface area contributed by atoms with E-state index in [0.717, 1.165) is 37.4 Å². The smallest absolute Gasteiger partial charge is 0.338 e. The molecule has 6 heteroatoms. The number of esters is 1. The van der Waals surface area contributed by atoms with Gasteiger partial charge in [-0.25, -0.2) is 4.79 Å². The standard InChI is InChI=1S/C46H37NO3P2/c48-45(40-30-16-18-32-43(40)51(36-22-8-2-9-23-36)37-24-10-3-11-25-37)47-42(35-20-6-1-7-21-35)34-50-46(49)41-31-17-19-33-44(41)52(38-26-12-4-13-27-38)39-28-14-5-15-29-39/h1-33,42H,34H2,(H,47,48)/t42-/m1/s1. The van der Waals surface area contributed by atoms with Crippen molar-refractivity contribution >= 4 is 59.5 Å². The largest absolute Gasteiger partial charge is 0.460 e. The van der Waals surface area contributed by atoms with Crippen molar-refractivity contribution in [3.63, 3.8) is 0 Å². The van der Waals surface area contributed by atoms with Crippen molar-refractivity contribution < 1.29 is 14.3 Å². The van der Waals surface area contributed by atoms with Crippen molar-refractivity contribution in [3.05, 3.63) is 217 Å². The summed E-state index contributed by atoms with van der Waals surface area (Å²) in [4.78, 5) is 28.4. The molecule has 0 unspecified atom stereocenters. The molecule has 0 aliphatic heterocycles. The van der Waals surface area contributed by atoms with E-state index in [4.69, 9.17) is 4.74 Å². The predicted molar refractivity (Wildman–Crippen MR) is 217 cm³/mol. The van der Waals surface area contributed by atoms with Gasteiger partial charge in [-0.15, -0.1) is 0 Å². The van der Waals surface area contributed by atoms with Crippen LogP contribution in [0.15, 0.2) is 200 Å². The van der Waals surface area contributed by atoms with E-state index in [1.807, 2.05) is 152 Å². The summed E-state index contributed by atoms with van der Waals surface area (Å²) in [5.41, 5.74) is 1.95. The van der Waals surface area contributed by atoms with Crippen LogP contribution in [0, 0.1) is 0 Å². The number of amides is 1. The highest BCUT2D eigenvalue weighted by Gasteiger charge is 2.27. The van der Waals surface area contributed by atoms with Gasteiger partial charge < -0.3 is 10.1 Å². The van der Waals surface area contributed by atoms with Crippen LogP contribution in [0.3, 0.4) is 0 Å². The van der Waals surface area contributed by atoms with Crippen molar-refractivity contribution in [3.8, 4) is 0 Å². The van der Waals surface area contributed by atoms with Crippen LogP contribution in [0.2, 0.25) is 0 Å². The Morgan fingerprint density at radius 3 is 1.23 bits per heavy atom. The Hall–Kier alpha value is -5.66. The monoisotopic (exact) mass is 713 g/mol. The molecule has 0 aromatic heterocycles. The van der Waals surface area contributed by atoms with Crippen LogP contribution < -0.4 is 37.1 Å². The van der Waals surface area contributed by atoms with Gasteiger partial charge in [-0.1, -0.05) is 188 Å². The van der Waals surface area contributed by atoms with E-state index in [-0.39, 0.29) is 12.5 Å². The molecule has 7 rings (SSSR count). The van der Waals surface area contributed by atoms with Crippen LogP contribution in [0.1, 0.15) is 32.3 Å². The number of rotatable bonds is 12. The molecule has 0 bridgehead atoms. The van der Waals surface area contributed by atoms with Gasteiger partial charge in [0.25, 0.3) is 5.91 Å². The van der Waals surface area contributed by atoms with E-state index in [0.29, 0.717) is 11.1 Å². The van der Waals surface area contributed by atoms with Gasteiger partial charge in [0.05, 0.1) is 11.6 Å². The highest BCUT2D eigenvalue weighted by atomic mass is 31.1. The second-order valence-electron chi connectivity index (χ2n) is 12.1. The van der Waals surface area contributed by atoms with E-state index in [2.05, 4.69) is 53.8 Å². The third-order valence-electron chi connectivity index (χ3n) is 8.70. The fourth-order valence-electron chi connectivity index (χ4n) is 6.24. The minimum Gasteiger partial charge on any atom is -0.460 e. The van der Waals surface area contributed by atoms with Gasteiger partial charge in [-0.2, -0.15) is 0 Å². The molecule has 0 radical (unpaired) electrons. The molecule has 1 atom stereocenters. The minimum atomic E-state index is -1.03. The number of nitrogens with one attached hydrogen (secondary N) is 1. The van der Waals surface area contributed by atoms with E-state index in [1.54, 1.807) is 0 Å². The normalized spacial score (nSPS) is 11.6. The fourth-order valence-corrected chi connectivity index (χ4v) is 11.1. The number of carbonyl (C=O) groups excluding carboxylic acids is 2. The van der Waals surface area contributed by atoms with E-state index >= 15 is 0 Å². The van der Waals surface area contributed by atoms with Gasteiger partial charge in [0, 0.05) is 5.56 Å². The Morgan fingerprint density at radius 2 is 0.788 bits per heavy atom. The van der Waals surface area contributed by atoms with Crippen molar-refractivity contribution in [1.82, 2.24) is 5.32 Å². The van der Waals surface area contributed by atoms with Gasteiger partial charge in [-0.05, 0) is 65.4 Å². The molecule has 0 aliphatic carbocycles. The third-order valence-corrected chi connectivity index (χ3v) is 13.7. The summed E-state index contributed by atoms with van der Waals surface area (Å²) in [6, 6.07) is 65.9. The molecular formula is C46H37NO3P2. The zero-order valence-electron chi connectivity index (χ0n) is 28.5. The summed E-state index contributed by atoms with van der Waals surface area (Å²) in [6.07, 6.45) is 0. The summed E-state index contributed by atoms with van der Waals surface area (Å²) < 4.78 is 6.12. The number of hydrogen-bond donors (Lipinski definition) is 1. The molecule has 52 heavy (non-hydrogen) atoms. The summed E-state index contributed by atoms with van der Waals surface area (Å²) in [5, 5.41) is 9.71. The summed E-state index contributed by atoms with van der Waals surface area (Å²) in [5.74, 6) is -0.654. The molecule has 7 aromatic carbocycles. The molecule has 1 N–H and O–H groups in total. The maximum absolute atomic E-state index is 14.3. The van der Waals surface area contributed by atoms with Crippen LogP contribution >= 0.6 is 15.8 Å². The van der Waals surface area contributed by atoms with Crippen LogP contribution in [-0.2, 0) is 4.74 Å². The highest BCUT2D eigenvalue weighted by molar-refractivity contribution is 7.80. The Morgan fingerprint density at radius 1 is 0.442 bits per heavy atom. The van der Waals surface area contributed by atoms with Gasteiger partial charge in [0.2, 0.25) is 0 Å². The van der Waals surface area contributed by atoms with Crippen molar-refractivity contribution in [2.75, 3.05) is 6.61 Å². The first-order chi connectivity index (χ1) is 25.7.